The SMILES string of the molecule is Cn1c(=O)n(C2CCC(=O)NC2=O)c2ccc(N3CC(CC4CCN(C(=O)OCC5=CCc6cccn65)CC4)C3)cc21. The quantitative estimate of drug-likeness (QED) is 0.455. The summed E-state index contributed by atoms with van der Waals surface area (Å²) in [5.41, 5.74) is 4.56. The number of fused-ring (bicyclic) bond motifs is 2. The maximum absolute atomic E-state index is 13.1. The van der Waals surface area contributed by atoms with Crippen LogP contribution in [0.1, 0.15) is 43.8 Å². The van der Waals surface area contributed by atoms with E-state index in [1.165, 1.54) is 10.3 Å². The molecule has 3 fully saturated rings. The van der Waals surface area contributed by atoms with Crippen molar-refractivity contribution in [3.05, 3.63) is 58.8 Å². The number of imidazole rings is 1. The Morgan fingerprint density at radius 2 is 1.83 bits per heavy atom. The molecule has 4 aliphatic heterocycles. The van der Waals surface area contributed by atoms with Crippen molar-refractivity contribution in [1.82, 2.24) is 23.9 Å². The predicted octanol–water partition coefficient (Wildman–Crippen LogP) is 2.89. The number of ether oxygens (including phenoxy) is 1. The molecule has 11 heteroatoms. The molecule has 0 bridgehead atoms. The molecule has 1 atom stereocenters. The fourth-order valence-electron chi connectivity index (χ4n) is 7.07. The van der Waals surface area contributed by atoms with Crippen molar-refractivity contribution in [2.75, 3.05) is 37.7 Å². The summed E-state index contributed by atoms with van der Waals surface area (Å²) in [6, 6.07) is 9.38. The molecule has 11 nitrogen and oxygen atoms in total. The zero-order valence-corrected chi connectivity index (χ0v) is 23.8. The average Bonchev–Trinajstić information content (AvgIpc) is 3.65. The number of likely N-dealkylation sites (tertiary alicyclic amines) is 1. The molecule has 0 radical (unpaired) electrons. The van der Waals surface area contributed by atoms with Gasteiger partial charge in [0.25, 0.3) is 0 Å². The van der Waals surface area contributed by atoms with Gasteiger partial charge in [0, 0.05) is 63.6 Å². The second kappa shape index (κ2) is 10.5. The van der Waals surface area contributed by atoms with Crippen LogP contribution >= 0.6 is 0 Å². The fraction of sp³-hybridized carbons (Fsp3) is 0.484. The molecule has 7 rings (SSSR count). The van der Waals surface area contributed by atoms with Crippen molar-refractivity contribution < 1.29 is 19.1 Å². The van der Waals surface area contributed by atoms with Crippen LogP contribution in [0.4, 0.5) is 10.5 Å². The van der Waals surface area contributed by atoms with Crippen molar-refractivity contribution in [3.63, 3.8) is 0 Å². The summed E-state index contributed by atoms with van der Waals surface area (Å²) in [5.74, 6) is 0.491. The van der Waals surface area contributed by atoms with Crippen LogP contribution < -0.4 is 15.9 Å². The van der Waals surface area contributed by atoms with Gasteiger partial charge < -0.3 is 19.1 Å². The summed E-state index contributed by atoms with van der Waals surface area (Å²) in [5, 5.41) is 2.36. The molecule has 3 saturated heterocycles. The number of imide groups is 1. The Bertz CT molecular complexity index is 1650. The van der Waals surface area contributed by atoms with Crippen molar-refractivity contribution in [3.8, 4) is 0 Å². The summed E-state index contributed by atoms with van der Waals surface area (Å²) in [6.45, 7) is 3.71. The number of aryl methyl sites for hydroxylation is 1. The molecule has 1 aromatic carbocycles. The highest BCUT2D eigenvalue weighted by molar-refractivity contribution is 6.00. The fourth-order valence-corrected chi connectivity index (χ4v) is 7.07. The number of anilines is 1. The highest BCUT2D eigenvalue weighted by Crippen LogP contribution is 2.34. The largest absolute Gasteiger partial charge is 0.443 e. The summed E-state index contributed by atoms with van der Waals surface area (Å²) < 4.78 is 10.8. The van der Waals surface area contributed by atoms with Crippen LogP contribution in [0.15, 0.2) is 47.4 Å². The third-order valence-electron chi connectivity index (χ3n) is 9.49. The number of aromatic nitrogens is 3. The number of nitrogens with one attached hydrogen (secondary N) is 1. The van der Waals surface area contributed by atoms with Crippen LogP contribution in [0.25, 0.3) is 16.7 Å². The number of allylic oxidation sites excluding steroid dienone is 1. The van der Waals surface area contributed by atoms with E-state index in [4.69, 9.17) is 4.74 Å². The van der Waals surface area contributed by atoms with Crippen LogP contribution in [0.5, 0.6) is 0 Å². The maximum Gasteiger partial charge on any atom is 0.410 e. The van der Waals surface area contributed by atoms with Crippen LogP contribution in [-0.4, -0.2) is 69.3 Å². The number of amides is 3. The van der Waals surface area contributed by atoms with Gasteiger partial charge in [-0.05, 0) is 67.9 Å². The first kappa shape index (κ1) is 26.6. The lowest BCUT2D eigenvalue weighted by Gasteiger charge is -2.43. The Morgan fingerprint density at radius 3 is 2.62 bits per heavy atom. The van der Waals surface area contributed by atoms with Crippen molar-refractivity contribution in [2.24, 2.45) is 18.9 Å². The van der Waals surface area contributed by atoms with E-state index in [-0.39, 0.29) is 24.1 Å². The minimum absolute atomic E-state index is 0.221. The van der Waals surface area contributed by atoms with Crippen LogP contribution in [0.2, 0.25) is 0 Å². The highest BCUT2D eigenvalue weighted by Gasteiger charge is 2.34. The zero-order valence-electron chi connectivity index (χ0n) is 23.8. The summed E-state index contributed by atoms with van der Waals surface area (Å²) in [4.78, 5) is 54.0. The predicted molar refractivity (Wildman–Crippen MR) is 157 cm³/mol. The van der Waals surface area contributed by atoms with Gasteiger partial charge >= 0.3 is 11.8 Å². The molecule has 6 heterocycles. The summed E-state index contributed by atoms with van der Waals surface area (Å²) >= 11 is 0. The molecule has 1 unspecified atom stereocenters. The number of hydrogen-bond donors (Lipinski definition) is 1. The van der Waals surface area contributed by atoms with Gasteiger partial charge in [0.05, 0.1) is 16.7 Å². The first-order valence-corrected chi connectivity index (χ1v) is 14.9. The van der Waals surface area contributed by atoms with Crippen LogP contribution in [0.3, 0.4) is 0 Å². The third-order valence-corrected chi connectivity index (χ3v) is 9.49. The Kier molecular flexibility index (Phi) is 6.67. The number of piperidine rings is 2. The summed E-state index contributed by atoms with van der Waals surface area (Å²) in [7, 11) is 1.72. The van der Waals surface area contributed by atoms with E-state index in [1.807, 2.05) is 35.4 Å². The second-order valence-corrected chi connectivity index (χ2v) is 12.1. The van der Waals surface area contributed by atoms with Crippen LogP contribution in [0, 0.1) is 11.8 Å². The first-order chi connectivity index (χ1) is 20.4. The standard InChI is InChI=1S/C31H36N6O5/c1-33-27-16-23(6-7-25(27)37(30(33)40)26-8-9-28(38)32-29(26)39)35-17-21(18-35)15-20-10-13-34(14-11-20)31(41)42-19-24-5-4-22-3-2-12-36(22)24/h2-3,5-7,12,16,20-21,26H,4,8-11,13-15,17-19H2,1H3,(H,32,38,39). The van der Waals surface area contributed by atoms with Crippen LogP contribution in [-0.2, 0) is 27.8 Å². The van der Waals surface area contributed by atoms with Gasteiger partial charge in [0.1, 0.15) is 12.6 Å². The molecule has 3 amide bonds. The monoisotopic (exact) mass is 572 g/mol. The molecular weight excluding hydrogens is 536 g/mol. The zero-order chi connectivity index (χ0) is 29.0. The molecule has 3 aromatic rings. The topological polar surface area (TPSA) is 111 Å². The van der Waals surface area contributed by atoms with E-state index < -0.39 is 11.9 Å². The van der Waals surface area contributed by atoms with E-state index in [9.17, 15) is 19.2 Å². The molecule has 4 aliphatic rings. The van der Waals surface area contributed by atoms with Crippen molar-refractivity contribution >= 4 is 40.3 Å². The highest BCUT2D eigenvalue weighted by atomic mass is 16.6. The minimum Gasteiger partial charge on any atom is -0.443 e. The number of carbonyl (C=O) groups is 3. The first-order valence-electron chi connectivity index (χ1n) is 14.9. The van der Waals surface area contributed by atoms with E-state index >= 15 is 0 Å². The Labute approximate surface area is 243 Å². The molecule has 2 aromatic heterocycles. The van der Waals surface area contributed by atoms with Gasteiger partial charge in [0.15, 0.2) is 0 Å². The van der Waals surface area contributed by atoms with Gasteiger partial charge in [-0.15, -0.1) is 0 Å². The van der Waals surface area contributed by atoms with Crippen molar-refractivity contribution in [2.45, 2.75) is 44.6 Å². The third kappa shape index (κ3) is 4.70. The second-order valence-electron chi connectivity index (χ2n) is 12.1. The van der Waals surface area contributed by atoms with E-state index in [1.54, 1.807) is 11.6 Å². The molecular formula is C31H36N6O5. The molecule has 42 heavy (non-hydrogen) atoms. The lowest BCUT2D eigenvalue weighted by Crippen LogP contribution is -2.48. The number of hydrogen-bond acceptors (Lipinski definition) is 6. The molecule has 0 aliphatic carbocycles. The number of rotatable bonds is 6. The maximum atomic E-state index is 13.1. The van der Waals surface area contributed by atoms with Gasteiger partial charge in [-0.25, -0.2) is 9.59 Å². The lowest BCUT2D eigenvalue weighted by molar-refractivity contribution is -0.135. The Hall–Kier alpha value is -4.28. The minimum atomic E-state index is -0.677. The average molecular weight is 573 g/mol. The van der Waals surface area contributed by atoms with E-state index in [0.29, 0.717) is 30.4 Å². The molecule has 220 valence electrons. The molecule has 0 saturated carbocycles. The van der Waals surface area contributed by atoms with Gasteiger partial charge in [-0.3, -0.25) is 24.0 Å². The normalized spacial score (nSPS) is 21.4. The number of nitrogens with zero attached hydrogens (tertiary/aromatic N) is 5. The van der Waals surface area contributed by atoms with Crippen molar-refractivity contribution in [1.29, 1.82) is 0 Å². The smallest absolute Gasteiger partial charge is 0.410 e. The number of benzene rings is 1. The lowest BCUT2D eigenvalue weighted by atomic mass is 9.83. The number of carbonyl (C=O) groups excluding carboxylic acids is 3. The molecule has 1 N–H and O–H groups in total. The van der Waals surface area contributed by atoms with E-state index in [0.717, 1.165) is 68.8 Å². The Morgan fingerprint density at radius 1 is 1.02 bits per heavy atom. The Balaban J connectivity index is 0.902. The van der Waals surface area contributed by atoms with Gasteiger partial charge in [-0.2, -0.15) is 0 Å². The van der Waals surface area contributed by atoms with E-state index in [2.05, 4.69) is 26.9 Å². The summed E-state index contributed by atoms with van der Waals surface area (Å²) in [6.07, 6.45) is 8.49. The van der Waals surface area contributed by atoms with Gasteiger partial charge in [-0.1, -0.05) is 6.08 Å². The van der Waals surface area contributed by atoms with Gasteiger partial charge in [0.2, 0.25) is 11.8 Å². The molecule has 0 spiro atoms.